The second-order valence-electron chi connectivity index (χ2n) is 4.32. The molecule has 0 aliphatic rings. The van der Waals surface area contributed by atoms with Gasteiger partial charge in [0.2, 0.25) is 0 Å². The van der Waals surface area contributed by atoms with Crippen LogP contribution in [0.5, 0.6) is 0 Å². The average molecular weight is 267 g/mol. The molecular weight excluding hydrogens is 254 g/mol. The Balaban J connectivity index is 2.23. The molecule has 19 heavy (non-hydrogen) atoms. The minimum atomic E-state index is -1.14. The molecule has 0 saturated carbocycles. The van der Waals surface area contributed by atoms with Gasteiger partial charge in [-0.15, -0.1) is 0 Å². The van der Waals surface area contributed by atoms with Crippen LogP contribution in [0.1, 0.15) is 16.0 Å². The van der Waals surface area contributed by atoms with E-state index in [-0.39, 0.29) is 0 Å². The lowest BCUT2D eigenvalue weighted by molar-refractivity contribution is 0.129. The summed E-state index contributed by atoms with van der Waals surface area (Å²) in [7, 11) is 0. The summed E-state index contributed by atoms with van der Waals surface area (Å²) < 4.78 is 4.12. The Morgan fingerprint density at radius 2 is 1.32 bits per heavy atom. The number of hydrogen-bond acceptors (Lipinski definition) is 3. The first-order valence-corrected chi connectivity index (χ1v) is 6.84. The molecule has 1 N–H and O–H groups in total. The van der Waals surface area contributed by atoms with E-state index < -0.39 is 5.60 Å². The lowest BCUT2D eigenvalue weighted by Crippen LogP contribution is -2.27. The molecule has 0 atom stereocenters. The van der Waals surface area contributed by atoms with Crippen LogP contribution >= 0.6 is 11.5 Å². The molecule has 0 saturated heterocycles. The van der Waals surface area contributed by atoms with Crippen LogP contribution in [0.25, 0.3) is 0 Å². The van der Waals surface area contributed by atoms with Gasteiger partial charge >= 0.3 is 0 Å². The van der Waals surface area contributed by atoms with Gasteiger partial charge < -0.3 is 5.11 Å². The summed E-state index contributed by atoms with van der Waals surface area (Å²) in [5.41, 5.74) is 0.569. The van der Waals surface area contributed by atoms with E-state index >= 15 is 0 Å². The van der Waals surface area contributed by atoms with Gasteiger partial charge in [-0.1, -0.05) is 60.7 Å². The quantitative estimate of drug-likeness (QED) is 0.788. The summed E-state index contributed by atoms with van der Waals surface area (Å²) in [5.74, 6) is 0. The van der Waals surface area contributed by atoms with Gasteiger partial charge in [-0.2, -0.15) is 0 Å². The molecule has 94 valence electrons. The Morgan fingerprint density at radius 3 is 1.74 bits per heavy atom. The van der Waals surface area contributed by atoms with Gasteiger partial charge in [0.05, 0.1) is 4.88 Å². The molecular formula is C16H13NOS. The van der Waals surface area contributed by atoms with Crippen molar-refractivity contribution in [1.82, 2.24) is 4.37 Å². The lowest BCUT2D eigenvalue weighted by atomic mass is 9.85. The number of benzene rings is 2. The highest BCUT2D eigenvalue weighted by Crippen LogP contribution is 2.37. The molecule has 0 bridgehead atoms. The van der Waals surface area contributed by atoms with Gasteiger partial charge in [0.15, 0.2) is 5.60 Å². The van der Waals surface area contributed by atoms with Crippen LogP contribution in [0.4, 0.5) is 0 Å². The average Bonchev–Trinajstić information content (AvgIpc) is 3.03. The van der Waals surface area contributed by atoms with Crippen molar-refractivity contribution in [2.45, 2.75) is 5.60 Å². The number of aromatic nitrogens is 1. The summed E-state index contributed by atoms with van der Waals surface area (Å²) in [6.07, 6.45) is 1.72. The first-order chi connectivity index (χ1) is 9.32. The molecule has 0 amide bonds. The summed E-state index contributed by atoms with van der Waals surface area (Å²) >= 11 is 1.32. The molecule has 0 unspecified atom stereocenters. The summed E-state index contributed by atoms with van der Waals surface area (Å²) in [6.45, 7) is 0. The predicted molar refractivity (Wildman–Crippen MR) is 77.1 cm³/mol. The van der Waals surface area contributed by atoms with E-state index in [1.54, 1.807) is 6.20 Å². The molecule has 0 aliphatic carbocycles. The van der Waals surface area contributed by atoms with Crippen molar-refractivity contribution >= 4 is 11.5 Å². The monoisotopic (exact) mass is 267 g/mol. The Kier molecular flexibility index (Phi) is 3.15. The summed E-state index contributed by atoms with van der Waals surface area (Å²) in [5, 5.41) is 11.3. The van der Waals surface area contributed by atoms with Crippen LogP contribution in [-0.4, -0.2) is 9.48 Å². The fourth-order valence-electron chi connectivity index (χ4n) is 2.21. The van der Waals surface area contributed by atoms with E-state index in [2.05, 4.69) is 4.37 Å². The maximum absolute atomic E-state index is 11.3. The largest absolute Gasteiger partial charge is 0.375 e. The minimum Gasteiger partial charge on any atom is -0.375 e. The van der Waals surface area contributed by atoms with Crippen LogP contribution < -0.4 is 0 Å². The van der Waals surface area contributed by atoms with Gasteiger partial charge in [-0.3, -0.25) is 0 Å². The molecule has 0 aliphatic heterocycles. The highest BCUT2D eigenvalue weighted by molar-refractivity contribution is 7.05. The van der Waals surface area contributed by atoms with Gasteiger partial charge in [-0.25, -0.2) is 4.37 Å². The Labute approximate surface area is 116 Å². The Hall–Kier alpha value is -1.97. The van der Waals surface area contributed by atoms with Gasteiger partial charge in [0, 0.05) is 6.20 Å². The van der Waals surface area contributed by atoms with Crippen molar-refractivity contribution in [2.75, 3.05) is 0 Å². The number of nitrogens with zero attached hydrogens (tertiary/aromatic N) is 1. The third kappa shape index (κ3) is 2.07. The number of aliphatic hydroxyl groups is 1. The lowest BCUT2D eigenvalue weighted by Gasteiger charge is -2.27. The highest BCUT2D eigenvalue weighted by atomic mass is 32.1. The SMILES string of the molecule is OC(c1ccccc1)(c1ccccc1)c1ccns1. The Bertz CT molecular complexity index is 596. The van der Waals surface area contributed by atoms with Crippen LogP contribution in [-0.2, 0) is 5.60 Å². The van der Waals surface area contributed by atoms with E-state index in [1.807, 2.05) is 66.7 Å². The smallest absolute Gasteiger partial charge is 0.151 e. The van der Waals surface area contributed by atoms with Crippen LogP contribution in [0.2, 0.25) is 0 Å². The molecule has 2 aromatic carbocycles. The molecule has 2 nitrogen and oxygen atoms in total. The molecule has 1 heterocycles. The van der Waals surface area contributed by atoms with Crippen molar-refractivity contribution in [2.24, 2.45) is 0 Å². The van der Waals surface area contributed by atoms with Crippen LogP contribution in [0, 0.1) is 0 Å². The zero-order chi connectivity index (χ0) is 13.1. The standard InChI is InChI=1S/C16H13NOS/c18-16(15-11-12-17-19-15,13-7-3-1-4-8-13)14-9-5-2-6-10-14/h1-12,18H. The molecule has 3 heteroatoms. The van der Waals surface area contributed by atoms with E-state index in [4.69, 9.17) is 0 Å². The van der Waals surface area contributed by atoms with Crippen molar-refractivity contribution < 1.29 is 5.11 Å². The van der Waals surface area contributed by atoms with E-state index in [0.29, 0.717) is 0 Å². The van der Waals surface area contributed by atoms with E-state index in [9.17, 15) is 5.11 Å². The van der Waals surface area contributed by atoms with Crippen molar-refractivity contribution in [3.05, 3.63) is 88.9 Å². The van der Waals surface area contributed by atoms with Gasteiger partial charge in [0.25, 0.3) is 0 Å². The van der Waals surface area contributed by atoms with E-state index in [0.717, 1.165) is 16.0 Å². The van der Waals surface area contributed by atoms with Crippen LogP contribution in [0.3, 0.4) is 0 Å². The third-order valence-corrected chi connectivity index (χ3v) is 4.03. The second kappa shape index (κ2) is 4.96. The normalized spacial score (nSPS) is 11.4. The minimum absolute atomic E-state index is 0.824. The maximum atomic E-state index is 11.3. The zero-order valence-electron chi connectivity index (χ0n) is 10.2. The molecule has 0 spiro atoms. The first-order valence-electron chi connectivity index (χ1n) is 6.06. The molecule has 0 fully saturated rings. The van der Waals surface area contributed by atoms with Gasteiger partial charge in [-0.05, 0) is 28.7 Å². The summed E-state index contributed by atoms with van der Waals surface area (Å²) in [6, 6.07) is 21.2. The topological polar surface area (TPSA) is 33.1 Å². The second-order valence-corrected chi connectivity index (χ2v) is 5.15. The molecule has 0 radical (unpaired) electrons. The first kappa shape index (κ1) is 12.1. The molecule has 1 aromatic heterocycles. The molecule has 3 rings (SSSR count). The highest BCUT2D eigenvalue weighted by Gasteiger charge is 2.34. The van der Waals surface area contributed by atoms with Crippen molar-refractivity contribution in [3.63, 3.8) is 0 Å². The maximum Gasteiger partial charge on any atom is 0.151 e. The van der Waals surface area contributed by atoms with E-state index in [1.165, 1.54) is 11.5 Å². The Morgan fingerprint density at radius 1 is 0.789 bits per heavy atom. The van der Waals surface area contributed by atoms with Crippen molar-refractivity contribution in [3.8, 4) is 0 Å². The summed E-state index contributed by atoms with van der Waals surface area (Å²) in [4.78, 5) is 0.824. The van der Waals surface area contributed by atoms with Crippen molar-refractivity contribution in [1.29, 1.82) is 0 Å². The number of hydrogen-bond donors (Lipinski definition) is 1. The fraction of sp³-hybridized carbons (Fsp3) is 0.0625. The third-order valence-electron chi connectivity index (χ3n) is 3.18. The fourth-order valence-corrected chi connectivity index (χ4v) is 2.94. The number of rotatable bonds is 3. The van der Waals surface area contributed by atoms with Crippen LogP contribution in [0.15, 0.2) is 72.9 Å². The predicted octanol–water partition coefficient (Wildman–Crippen LogP) is 3.43. The molecule has 3 aromatic rings. The zero-order valence-corrected chi connectivity index (χ0v) is 11.0. The van der Waals surface area contributed by atoms with Gasteiger partial charge in [0.1, 0.15) is 0 Å².